The van der Waals surface area contributed by atoms with Crippen LogP contribution in [0.1, 0.15) is 48.2 Å². The Bertz CT molecular complexity index is 644. The molecule has 0 bridgehead atoms. The Morgan fingerprint density at radius 3 is 2.71 bits per heavy atom. The highest BCUT2D eigenvalue weighted by molar-refractivity contribution is 7.21. The summed E-state index contributed by atoms with van der Waals surface area (Å²) in [7, 11) is 1.91. The average Bonchev–Trinajstić information content (AvgIpc) is 2.70. The number of hydrogen-bond donors (Lipinski definition) is 1. The molecule has 0 aromatic carbocycles. The van der Waals surface area contributed by atoms with Crippen molar-refractivity contribution in [3.63, 3.8) is 0 Å². The van der Waals surface area contributed by atoms with Crippen molar-refractivity contribution in [1.82, 2.24) is 9.88 Å². The molecule has 1 amide bonds. The molecule has 1 aliphatic rings. The molecule has 1 aliphatic carbocycles. The van der Waals surface area contributed by atoms with Crippen LogP contribution in [0.5, 0.6) is 0 Å². The van der Waals surface area contributed by atoms with E-state index < -0.39 is 0 Å². The van der Waals surface area contributed by atoms with Gasteiger partial charge in [-0.25, -0.2) is 0 Å². The predicted octanol–water partition coefficient (Wildman–Crippen LogP) is 3.67. The Hall–Kier alpha value is -1.62. The van der Waals surface area contributed by atoms with E-state index in [2.05, 4.69) is 4.98 Å². The van der Waals surface area contributed by atoms with Gasteiger partial charge in [0.25, 0.3) is 5.91 Å². The summed E-state index contributed by atoms with van der Waals surface area (Å²) in [5, 5.41) is 0. The molecule has 1 fully saturated rings. The van der Waals surface area contributed by atoms with Crippen molar-refractivity contribution in [2.75, 3.05) is 12.8 Å². The van der Waals surface area contributed by atoms with Crippen molar-refractivity contribution in [3.05, 3.63) is 23.2 Å². The van der Waals surface area contributed by atoms with Crippen molar-refractivity contribution in [2.24, 2.45) is 0 Å². The average molecular weight is 303 g/mol. The zero-order chi connectivity index (χ0) is 14.8. The molecule has 112 valence electrons. The minimum Gasteiger partial charge on any atom is -0.396 e. The number of fused-ring (bicyclic) bond motifs is 1. The third-order valence-corrected chi connectivity index (χ3v) is 5.52. The van der Waals surface area contributed by atoms with Crippen LogP contribution in [-0.4, -0.2) is 28.9 Å². The van der Waals surface area contributed by atoms with Crippen molar-refractivity contribution in [3.8, 4) is 0 Å². The monoisotopic (exact) mass is 303 g/mol. The van der Waals surface area contributed by atoms with Crippen molar-refractivity contribution >= 4 is 33.1 Å². The standard InChI is InChI=1S/C16H21N3OS/c1-19(11-7-4-2-3-5-8-11)16(20)15-13(17)14-12(21-15)9-6-10-18-14/h6,9-11H,2-5,7-8,17H2,1H3. The number of rotatable bonds is 2. The first kappa shape index (κ1) is 14.3. The second kappa shape index (κ2) is 6.02. The number of nitrogens with zero attached hydrogens (tertiary/aromatic N) is 2. The van der Waals surface area contributed by atoms with E-state index in [1.54, 1.807) is 6.20 Å². The molecule has 2 heterocycles. The van der Waals surface area contributed by atoms with E-state index in [9.17, 15) is 4.79 Å². The molecule has 2 aromatic rings. The van der Waals surface area contributed by atoms with Crippen LogP contribution in [0, 0.1) is 0 Å². The van der Waals surface area contributed by atoms with Crippen LogP contribution in [0.15, 0.2) is 18.3 Å². The van der Waals surface area contributed by atoms with Crippen LogP contribution in [-0.2, 0) is 0 Å². The molecule has 0 saturated heterocycles. The maximum absolute atomic E-state index is 12.8. The van der Waals surface area contributed by atoms with Gasteiger partial charge in [0.15, 0.2) is 0 Å². The summed E-state index contributed by atoms with van der Waals surface area (Å²) in [5.41, 5.74) is 7.42. The number of nitrogen functional groups attached to an aromatic ring is 1. The van der Waals surface area contributed by atoms with Gasteiger partial charge in [-0.05, 0) is 25.0 Å². The van der Waals surface area contributed by atoms with Gasteiger partial charge in [0.2, 0.25) is 0 Å². The summed E-state index contributed by atoms with van der Waals surface area (Å²) < 4.78 is 0.979. The molecule has 0 spiro atoms. The molecule has 2 N–H and O–H groups in total. The fourth-order valence-electron chi connectivity index (χ4n) is 3.08. The van der Waals surface area contributed by atoms with Crippen LogP contribution < -0.4 is 5.73 Å². The fraction of sp³-hybridized carbons (Fsp3) is 0.500. The minimum atomic E-state index is 0.0439. The molecular weight excluding hydrogens is 282 g/mol. The number of pyridine rings is 1. The lowest BCUT2D eigenvalue weighted by atomic mass is 10.1. The van der Waals surface area contributed by atoms with Gasteiger partial charge >= 0.3 is 0 Å². The van der Waals surface area contributed by atoms with Crippen LogP contribution in [0.2, 0.25) is 0 Å². The molecule has 0 atom stereocenters. The highest BCUT2D eigenvalue weighted by Gasteiger charge is 2.25. The fourth-order valence-corrected chi connectivity index (χ4v) is 4.14. The van der Waals surface area contributed by atoms with Gasteiger partial charge in [-0.2, -0.15) is 0 Å². The topological polar surface area (TPSA) is 59.2 Å². The lowest BCUT2D eigenvalue weighted by Gasteiger charge is -2.27. The molecule has 1 saturated carbocycles. The summed E-state index contributed by atoms with van der Waals surface area (Å²) in [4.78, 5) is 19.6. The number of nitrogens with two attached hydrogens (primary N) is 1. The van der Waals surface area contributed by atoms with E-state index in [0.717, 1.165) is 23.1 Å². The minimum absolute atomic E-state index is 0.0439. The van der Waals surface area contributed by atoms with Crippen LogP contribution in [0.25, 0.3) is 10.2 Å². The lowest BCUT2D eigenvalue weighted by Crippen LogP contribution is -2.36. The van der Waals surface area contributed by atoms with E-state index in [-0.39, 0.29) is 5.91 Å². The van der Waals surface area contributed by atoms with Gasteiger partial charge in [-0.15, -0.1) is 11.3 Å². The van der Waals surface area contributed by atoms with Crippen molar-refractivity contribution in [2.45, 2.75) is 44.6 Å². The quantitative estimate of drug-likeness (QED) is 0.861. The van der Waals surface area contributed by atoms with Crippen LogP contribution >= 0.6 is 11.3 Å². The van der Waals surface area contributed by atoms with E-state index in [1.807, 2.05) is 24.1 Å². The van der Waals surface area contributed by atoms with Crippen LogP contribution in [0.4, 0.5) is 5.69 Å². The molecule has 0 unspecified atom stereocenters. The van der Waals surface area contributed by atoms with Gasteiger partial charge < -0.3 is 10.6 Å². The van der Waals surface area contributed by atoms with Gasteiger partial charge in [-0.3, -0.25) is 9.78 Å². The van der Waals surface area contributed by atoms with E-state index in [4.69, 9.17) is 5.73 Å². The summed E-state index contributed by atoms with van der Waals surface area (Å²) in [6.07, 6.45) is 8.92. The van der Waals surface area contributed by atoms with Crippen LogP contribution in [0.3, 0.4) is 0 Å². The van der Waals surface area contributed by atoms with Crippen molar-refractivity contribution in [1.29, 1.82) is 0 Å². The lowest BCUT2D eigenvalue weighted by molar-refractivity contribution is 0.0723. The molecule has 5 heteroatoms. The van der Waals surface area contributed by atoms with E-state index in [1.165, 1.54) is 37.0 Å². The number of carbonyl (C=O) groups excluding carboxylic acids is 1. The third-order valence-electron chi connectivity index (χ3n) is 4.37. The number of anilines is 1. The molecule has 2 aromatic heterocycles. The first-order chi connectivity index (χ1) is 10.2. The zero-order valence-electron chi connectivity index (χ0n) is 12.3. The summed E-state index contributed by atoms with van der Waals surface area (Å²) in [5.74, 6) is 0.0439. The third kappa shape index (κ3) is 2.75. The summed E-state index contributed by atoms with van der Waals surface area (Å²) >= 11 is 1.45. The van der Waals surface area contributed by atoms with Gasteiger partial charge in [-0.1, -0.05) is 25.7 Å². The number of aromatic nitrogens is 1. The Morgan fingerprint density at radius 1 is 1.33 bits per heavy atom. The second-order valence-corrected chi connectivity index (χ2v) is 6.81. The highest BCUT2D eigenvalue weighted by Crippen LogP contribution is 2.33. The largest absolute Gasteiger partial charge is 0.396 e. The number of thiophene rings is 1. The maximum atomic E-state index is 12.8. The summed E-state index contributed by atoms with van der Waals surface area (Å²) in [6, 6.07) is 4.19. The Balaban J connectivity index is 1.87. The van der Waals surface area contributed by atoms with Gasteiger partial charge in [0, 0.05) is 19.3 Å². The number of carbonyl (C=O) groups is 1. The normalized spacial score (nSPS) is 16.8. The van der Waals surface area contributed by atoms with E-state index >= 15 is 0 Å². The van der Waals surface area contributed by atoms with E-state index in [0.29, 0.717) is 16.6 Å². The second-order valence-electron chi connectivity index (χ2n) is 5.76. The molecule has 21 heavy (non-hydrogen) atoms. The molecule has 4 nitrogen and oxygen atoms in total. The number of amides is 1. The molecule has 0 radical (unpaired) electrons. The van der Waals surface area contributed by atoms with Crippen molar-refractivity contribution < 1.29 is 4.79 Å². The molecular formula is C16H21N3OS. The maximum Gasteiger partial charge on any atom is 0.266 e. The molecule has 3 rings (SSSR count). The van der Waals surface area contributed by atoms with Gasteiger partial charge in [0.1, 0.15) is 10.4 Å². The Morgan fingerprint density at radius 2 is 2.05 bits per heavy atom. The SMILES string of the molecule is CN(C(=O)c1sc2cccnc2c1N)C1CCCCCC1. The first-order valence-electron chi connectivity index (χ1n) is 7.58. The number of hydrogen-bond acceptors (Lipinski definition) is 4. The molecule has 0 aliphatic heterocycles. The highest BCUT2D eigenvalue weighted by atomic mass is 32.1. The first-order valence-corrected chi connectivity index (χ1v) is 8.40. The van der Waals surface area contributed by atoms with Gasteiger partial charge in [0.05, 0.1) is 10.4 Å². The predicted molar refractivity (Wildman–Crippen MR) is 87.6 cm³/mol. The smallest absolute Gasteiger partial charge is 0.266 e. The summed E-state index contributed by atoms with van der Waals surface area (Å²) in [6.45, 7) is 0. The Labute approximate surface area is 129 Å². The zero-order valence-corrected chi connectivity index (χ0v) is 13.2. The Kier molecular flexibility index (Phi) is 4.10.